The van der Waals surface area contributed by atoms with Crippen LogP contribution in [0.4, 0.5) is 4.39 Å². The molecule has 16 heavy (non-hydrogen) atoms. The van der Waals surface area contributed by atoms with E-state index in [-0.39, 0.29) is 24.0 Å². The first kappa shape index (κ1) is 12.6. The Balaban J connectivity index is 2.68. The van der Waals surface area contributed by atoms with Gasteiger partial charge in [-0.25, -0.2) is 4.39 Å². The number of ether oxygens (including phenoxy) is 1. The summed E-state index contributed by atoms with van der Waals surface area (Å²) < 4.78 is 18.1. The summed E-state index contributed by atoms with van der Waals surface area (Å²) in [5.41, 5.74) is 6.15. The number of rotatable bonds is 5. The minimum absolute atomic E-state index is 0.0135. The average molecular weight is 225 g/mol. The summed E-state index contributed by atoms with van der Waals surface area (Å²) >= 11 is 0. The lowest BCUT2D eigenvalue weighted by molar-refractivity contribution is -0.118. The molecule has 0 radical (unpaired) electrons. The fraction of sp³-hybridized carbons (Fsp3) is 0.417. The van der Waals surface area contributed by atoms with Crippen molar-refractivity contribution in [2.24, 2.45) is 5.73 Å². The molecule has 1 unspecified atom stereocenters. The number of hydrogen-bond acceptors (Lipinski definition) is 3. The molecular weight excluding hydrogens is 209 g/mol. The molecule has 0 aliphatic rings. The lowest BCUT2D eigenvalue weighted by Crippen LogP contribution is -2.20. The Kier molecular flexibility index (Phi) is 4.43. The number of hydrogen-bond donors (Lipinski definition) is 1. The molecule has 2 N–H and O–H groups in total. The first-order valence-electron chi connectivity index (χ1n) is 5.12. The molecule has 0 aromatic heterocycles. The number of halogens is 1. The summed E-state index contributed by atoms with van der Waals surface area (Å²) in [6.07, 6.45) is 0.524. The van der Waals surface area contributed by atoms with Crippen molar-refractivity contribution in [2.45, 2.75) is 25.8 Å². The molecule has 0 spiro atoms. The summed E-state index contributed by atoms with van der Waals surface area (Å²) in [5, 5.41) is 0. The van der Waals surface area contributed by atoms with E-state index < -0.39 is 5.82 Å². The maximum absolute atomic E-state index is 13.3. The van der Waals surface area contributed by atoms with Gasteiger partial charge in [0.1, 0.15) is 5.78 Å². The van der Waals surface area contributed by atoms with Crippen LogP contribution in [0.2, 0.25) is 0 Å². The molecule has 0 bridgehead atoms. The Morgan fingerprint density at radius 3 is 2.75 bits per heavy atom. The van der Waals surface area contributed by atoms with Gasteiger partial charge in [-0.3, -0.25) is 4.79 Å². The van der Waals surface area contributed by atoms with Gasteiger partial charge in [0.05, 0.1) is 7.11 Å². The first-order valence-corrected chi connectivity index (χ1v) is 5.12. The summed E-state index contributed by atoms with van der Waals surface area (Å²) in [6.45, 7) is 1.77. The first-order chi connectivity index (χ1) is 7.52. The van der Waals surface area contributed by atoms with E-state index in [0.717, 1.165) is 0 Å². The normalized spacial score (nSPS) is 12.2. The molecule has 0 amide bonds. The molecule has 0 fully saturated rings. The number of benzene rings is 1. The second-order valence-electron chi connectivity index (χ2n) is 3.87. The molecular formula is C12H16FNO2. The van der Waals surface area contributed by atoms with Gasteiger partial charge in [0.15, 0.2) is 11.6 Å². The maximum Gasteiger partial charge on any atom is 0.165 e. The van der Waals surface area contributed by atoms with Crippen molar-refractivity contribution in [1.29, 1.82) is 0 Å². The minimum Gasteiger partial charge on any atom is -0.494 e. The molecule has 0 saturated carbocycles. The molecule has 3 nitrogen and oxygen atoms in total. The zero-order chi connectivity index (χ0) is 12.1. The Morgan fingerprint density at radius 2 is 2.25 bits per heavy atom. The minimum atomic E-state index is -0.450. The van der Waals surface area contributed by atoms with Crippen molar-refractivity contribution in [3.63, 3.8) is 0 Å². The molecule has 4 heteroatoms. The molecule has 1 rings (SSSR count). The molecule has 0 aliphatic heterocycles. The molecule has 0 heterocycles. The highest BCUT2D eigenvalue weighted by atomic mass is 19.1. The molecule has 1 aromatic rings. The third kappa shape index (κ3) is 3.62. The van der Waals surface area contributed by atoms with E-state index in [2.05, 4.69) is 0 Å². The van der Waals surface area contributed by atoms with Crippen LogP contribution in [0.3, 0.4) is 0 Å². The van der Waals surface area contributed by atoms with Gasteiger partial charge in [-0.2, -0.15) is 0 Å². The van der Waals surface area contributed by atoms with Crippen molar-refractivity contribution in [3.05, 3.63) is 29.6 Å². The number of ketones is 1. The standard InChI is InChI=1S/C12H16FNO2/c1-8(14)5-10(15)6-9-3-4-12(16-2)11(13)7-9/h3-4,7-8H,5-6,14H2,1-2H3. The van der Waals surface area contributed by atoms with Gasteiger partial charge >= 0.3 is 0 Å². The predicted octanol–water partition coefficient (Wildman–Crippen LogP) is 1.68. The van der Waals surface area contributed by atoms with Crippen LogP contribution in [-0.2, 0) is 11.2 Å². The summed E-state index contributed by atoms with van der Waals surface area (Å²) in [5.74, 6) is -0.253. The lowest BCUT2D eigenvalue weighted by Gasteiger charge is -2.06. The van der Waals surface area contributed by atoms with Crippen molar-refractivity contribution >= 4 is 5.78 Å². The second-order valence-corrected chi connectivity index (χ2v) is 3.87. The van der Waals surface area contributed by atoms with Gasteiger partial charge in [-0.15, -0.1) is 0 Å². The third-order valence-corrected chi connectivity index (χ3v) is 2.17. The average Bonchev–Trinajstić information content (AvgIpc) is 2.16. The van der Waals surface area contributed by atoms with Crippen LogP contribution in [0.1, 0.15) is 18.9 Å². The predicted molar refractivity (Wildman–Crippen MR) is 59.9 cm³/mol. The summed E-state index contributed by atoms with van der Waals surface area (Å²) in [6, 6.07) is 4.36. The van der Waals surface area contributed by atoms with Crippen LogP contribution < -0.4 is 10.5 Å². The number of nitrogens with two attached hydrogens (primary N) is 1. The van der Waals surface area contributed by atoms with E-state index >= 15 is 0 Å². The molecule has 88 valence electrons. The van der Waals surface area contributed by atoms with Gasteiger partial charge in [-0.1, -0.05) is 6.07 Å². The summed E-state index contributed by atoms with van der Waals surface area (Å²) in [4.78, 5) is 11.5. The number of Topliss-reactive ketones (excluding diaryl/α,β-unsaturated/α-hetero) is 1. The van der Waals surface area contributed by atoms with Gasteiger partial charge < -0.3 is 10.5 Å². The largest absolute Gasteiger partial charge is 0.494 e. The molecule has 1 aromatic carbocycles. The van der Waals surface area contributed by atoms with E-state index in [1.165, 1.54) is 19.2 Å². The Labute approximate surface area is 94.4 Å². The fourth-order valence-corrected chi connectivity index (χ4v) is 1.48. The van der Waals surface area contributed by atoms with Crippen molar-refractivity contribution in [1.82, 2.24) is 0 Å². The number of methoxy groups -OCH3 is 1. The van der Waals surface area contributed by atoms with E-state index in [9.17, 15) is 9.18 Å². The molecule has 1 atom stereocenters. The Hall–Kier alpha value is -1.42. The van der Waals surface area contributed by atoms with Crippen LogP contribution in [0.15, 0.2) is 18.2 Å². The topological polar surface area (TPSA) is 52.3 Å². The van der Waals surface area contributed by atoms with E-state index in [1.807, 2.05) is 0 Å². The highest BCUT2D eigenvalue weighted by molar-refractivity contribution is 5.81. The van der Waals surface area contributed by atoms with Gasteiger partial charge in [0.2, 0.25) is 0 Å². The summed E-state index contributed by atoms with van der Waals surface area (Å²) in [7, 11) is 1.40. The van der Waals surface area contributed by atoms with Crippen molar-refractivity contribution in [2.75, 3.05) is 7.11 Å². The van der Waals surface area contributed by atoms with Crippen molar-refractivity contribution in [3.8, 4) is 5.75 Å². The highest BCUT2D eigenvalue weighted by Gasteiger charge is 2.09. The van der Waals surface area contributed by atoms with E-state index in [4.69, 9.17) is 10.5 Å². The zero-order valence-electron chi connectivity index (χ0n) is 9.50. The smallest absolute Gasteiger partial charge is 0.165 e. The number of carbonyl (C=O) groups is 1. The van der Waals surface area contributed by atoms with Gasteiger partial charge in [0, 0.05) is 18.9 Å². The fourth-order valence-electron chi connectivity index (χ4n) is 1.48. The maximum atomic E-state index is 13.3. The van der Waals surface area contributed by atoms with Gasteiger partial charge in [-0.05, 0) is 24.6 Å². The monoisotopic (exact) mass is 225 g/mol. The van der Waals surface area contributed by atoms with Crippen LogP contribution in [0, 0.1) is 5.82 Å². The van der Waals surface area contributed by atoms with Crippen LogP contribution in [0.25, 0.3) is 0 Å². The Morgan fingerprint density at radius 1 is 1.56 bits per heavy atom. The van der Waals surface area contributed by atoms with E-state index in [0.29, 0.717) is 12.0 Å². The van der Waals surface area contributed by atoms with Crippen molar-refractivity contribution < 1.29 is 13.9 Å². The molecule has 0 aliphatic carbocycles. The molecule has 0 saturated heterocycles. The quantitative estimate of drug-likeness (QED) is 0.829. The van der Waals surface area contributed by atoms with Gasteiger partial charge in [0.25, 0.3) is 0 Å². The SMILES string of the molecule is COc1ccc(CC(=O)CC(C)N)cc1F. The Bertz CT molecular complexity index is 377. The van der Waals surface area contributed by atoms with Crippen LogP contribution in [0.5, 0.6) is 5.75 Å². The van der Waals surface area contributed by atoms with Crippen LogP contribution >= 0.6 is 0 Å². The lowest BCUT2D eigenvalue weighted by atomic mass is 10.0. The zero-order valence-corrected chi connectivity index (χ0v) is 9.50. The third-order valence-electron chi connectivity index (χ3n) is 2.17. The van der Waals surface area contributed by atoms with E-state index in [1.54, 1.807) is 13.0 Å². The highest BCUT2D eigenvalue weighted by Crippen LogP contribution is 2.18. The second kappa shape index (κ2) is 5.61. The number of carbonyl (C=O) groups excluding carboxylic acids is 1. The van der Waals surface area contributed by atoms with Crippen LogP contribution in [-0.4, -0.2) is 18.9 Å².